The van der Waals surface area contributed by atoms with E-state index in [1.807, 2.05) is 55.5 Å². The third-order valence-corrected chi connectivity index (χ3v) is 8.90. The van der Waals surface area contributed by atoms with Crippen LogP contribution in [0.15, 0.2) is 97.1 Å². The van der Waals surface area contributed by atoms with Crippen molar-refractivity contribution in [3.05, 3.63) is 119 Å². The fourth-order valence-corrected chi connectivity index (χ4v) is 6.43. The summed E-state index contributed by atoms with van der Waals surface area (Å²) < 4.78 is 20.3. The molecule has 0 saturated heterocycles. The van der Waals surface area contributed by atoms with Gasteiger partial charge in [-0.3, -0.25) is 4.79 Å². The van der Waals surface area contributed by atoms with Crippen LogP contribution in [0.25, 0.3) is 22.3 Å². The van der Waals surface area contributed by atoms with Crippen molar-refractivity contribution in [3.63, 3.8) is 0 Å². The summed E-state index contributed by atoms with van der Waals surface area (Å²) in [4.78, 5) is 44.7. The van der Waals surface area contributed by atoms with Gasteiger partial charge in [0.1, 0.15) is 26.4 Å². The van der Waals surface area contributed by atoms with E-state index in [1.54, 1.807) is 6.92 Å². The number of hydrogen-bond donors (Lipinski definition) is 4. The Bertz CT molecular complexity index is 1780. The number of ketones is 1. The molecule has 0 spiro atoms. The number of carboxylic acids is 1. The highest BCUT2D eigenvalue weighted by Crippen LogP contribution is 2.45. The second-order valence-corrected chi connectivity index (χ2v) is 12.6. The Kier molecular flexibility index (Phi) is 19.6. The predicted molar refractivity (Wildman–Crippen MR) is 217 cm³/mol. The second-order valence-electron chi connectivity index (χ2n) is 12.6. The average Bonchev–Trinajstić information content (AvgIpc) is 3.71. The summed E-state index contributed by atoms with van der Waals surface area (Å²) in [7, 11) is 0. The number of rotatable bonds is 16. The molecule has 0 radical (unpaired) electrons. The van der Waals surface area contributed by atoms with E-state index in [4.69, 9.17) is 25.1 Å². The first-order chi connectivity index (χ1) is 26.8. The van der Waals surface area contributed by atoms with Crippen molar-refractivity contribution in [2.75, 3.05) is 59.3 Å². The van der Waals surface area contributed by atoms with Crippen molar-refractivity contribution in [3.8, 4) is 22.3 Å². The van der Waals surface area contributed by atoms with Crippen LogP contribution in [0.3, 0.4) is 0 Å². The Labute approximate surface area is 334 Å². The van der Waals surface area contributed by atoms with Gasteiger partial charge in [0.2, 0.25) is 0 Å². The standard InChI is InChI=1S/C22H25NO4.C17H18N2O2.C4H8O3.ClH/c1-2-26-14-16(24)8-7-13-23-22(25)27-15-21-19-11-5-3-9-17(19)18-10-4-6-12-20(18)21;18-9-10-19-17(20)21-11-16-14-7-3-1-5-12(14)13-6-2-4-8-15(13)16;1-2-7-3-4(5)6;/h3-6,9-12,21H,2,7-8,13-15H2,1H3,(H,23,25);1-8,16H,9-11,18H2,(H,19,20);2-3H2,1H3,(H,5,6);1H. The zero-order valence-electron chi connectivity index (χ0n) is 31.9. The molecule has 56 heavy (non-hydrogen) atoms. The summed E-state index contributed by atoms with van der Waals surface area (Å²) in [6.45, 7) is 6.44. The first kappa shape index (κ1) is 45.1. The molecule has 0 bridgehead atoms. The highest BCUT2D eigenvalue weighted by molar-refractivity contribution is 5.85. The van der Waals surface area contributed by atoms with Crippen molar-refractivity contribution in [1.29, 1.82) is 0 Å². The quantitative estimate of drug-likeness (QED) is 0.0872. The smallest absolute Gasteiger partial charge is 0.407 e. The number of alkyl carbamates (subject to hydrolysis) is 2. The number of Topliss-reactive ketones (excluding diaryl/α,β-unsaturated/α-hetero) is 1. The number of aliphatic carboxylic acids is 1. The van der Waals surface area contributed by atoms with Crippen LogP contribution in [0, 0.1) is 0 Å². The lowest BCUT2D eigenvalue weighted by Crippen LogP contribution is -2.30. The summed E-state index contributed by atoms with van der Waals surface area (Å²) >= 11 is 0. The molecule has 4 aromatic carbocycles. The highest BCUT2D eigenvalue weighted by atomic mass is 35.5. The summed E-state index contributed by atoms with van der Waals surface area (Å²) in [5.74, 6) is -0.718. The van der Waals surface area contributed by atoms with Crippen molar-refractivity contribution >= 4 is 36.3 Å². The van der Waals surface area contributed by atoms with Gasteiger partial charge in [-0.2, -0.15) is 0 Å². The highest BCUT2D eigenvalue weighted by Gasteiger charge is 2.30. The van der Waals surface area contributed by atoms with E-state index in [0.29, 0.717) is 58.9 Å². The molecule has 0 fully saturated rings. The molecule has 0 aliphatic heterocycles. The molecule has 2 aliphatic carbocycles. The molecule has 0 aromatic heterocycles. The summed E-state index contributed by atoms with van der Waals surface area (Å²) in [6.07, 6.45) is 0.108. The number of carbonyl (C=O) groups excluding carboxylic acids is 3. The number of amides is 2. The normalized spacial score (nSPS) is 11.8. The summed E-state index contributed by atoms with van der Waals surface area (Å²) in [5.41, 5.74) is 15.0. The Hall–Kier alpha value is -5.27. The van der Waals surface area contributed by atoms with Crippen LogP contribution in [0.2, 0.25) is 0 Å². The van der Waals surface area contributed by atoms with Gasteiger partial charge in [-0.25, -0.2) is 14.4 Å². The van der Waals surface area contributed by atoms with Crippen LogP contribution in [0.5, 0.6) is 0 Å². The van der Waals surface area contributed by atoms with E-state index in [-0.39, 0.29) is 43.2 Å². The van der Waals surface area contributed by atoms with E-state index in [9.17, 15) is 19.2 Å². The third kappa shape index (κ3) is 13.2. The minimum atomic E-state index is -0.915. The van der Waals surface area contributed by atoms with Crippen LogP contribution in [-0.2, 0) is 28.5 Å². The third-order valence-electron chi connectivity index (χ3n) is 8.90. The second kappa shape index (κ2) is 24.3. The number of ether oxygens (including phenoxy) is 4. The monoisotopic (exact) mass is 789 g/mol. The lowest BCUT2D eigenvalue weighted by atomic mass is 9.98. The van der Waals surface area contributed by atoms with E-state index in [1.165, 1.54) is 44.5 Å². The van der Waals surface area contributed by atoms with Gasteiger partial charge >= 0.3 is 18.2 Å². The molecule has 2 amide bonds. The molecule has 5 N–H and O–H groups in total. The number of benzene rings is 4. The molecule has 0 saturated carbocycles. The van der Waals surface area contributed by atoms with Crippen LogP contribution in [0.1, 0.15) is 60.8 Å². The number of hydrogen-bond acceptors (Lipinski definition) is 9. The fourth-order valence-electron chi connectivity index (χ4n) is 6.43. The molecule has 6 rings (SSSR count). The van der Waals surface area contributed by atoms with Crippen molar-refractivity contribution in [1.82, 2.24) is 10.6 Å². The lowest BCUT2D eigenvalue weighted by Gasteiger charge is -2.14. The van der Waals surface area contributed by atoms with E-state index < -0.39 is 18.2 Å². The van der Waals surface area contributed by atoms with Gasteiger partial charge in [-0.1, -0.05) is 97.1 Å². The van der Waals surface area contributed by atoms with Crippen LogP contribution in [-0.4, -0.2) is 88.3 Å². The van der Waals surface area contributed by atoms with Gasteiger partial charge in [0, 0.05) is 51.1 Å². The van der Waals surface area contributed by atoms with Gasteiger partial charge in [-0.15, -0.1) is 12.4 Å². The number of nitrogens with two attached hydrogens (primary N) is 1. The Morgan fingerprint density at radius 1 is 0.607 bits per heavy atom. The lowest BCUT2D eigenvalue weighted by molar-refractivity contribution is -0.142. The Morgan fingerprint density at radius 3 is 1.34 bits per heavy atom. The molecule has 300 valence electrons. The Morgan fingerprint density at radius 2 is 0.982 bits per heavy atom. The van der Waals surface area contributed by atoms with Crippen LogP contribution >= 0.6 is 12.4 Å². The molecule has 0 unspecified atom stereocenters. The van der Waals surface area contributed by atoms with Gasteiger partial charge in [0.25, 0.3) is 0 Å². The van der Waals surface area contributed by atoms with Crippen LogP contribution < -0.4 is 16.4 Å². The molecule has 13 heteroatoms. The molecule has 4 aromatic rings. The Balaban J connectivity index is 0.000000258. The maximum absolute atomic E-state index is 12.0. The first-order valence-electron chi connectivity index (χ1n) is 18.6. The molecule has 0 heterocycles. The molecular formula is C43H52ClN3O9. The zero-order chi connectivity index (χ0) is 39.4. The molecular weight excluding hydrogens is 738 g/mol. The van der Waals surface area contributed by atoms with E-state index in [0.717, 1.165) is 0 Å². The number of carbonyl (C=O) groups is 4. The zero-order valence-corrected chi connectivity index (χ0v) is 32.7. The summed E-state index contributed by atoms with van der Waals surface area (Å²) in [6, 6.07) is 33.0. The maximum Gasteiger partial charge on any atom is 0.407 e. The minimum Gasteiger partial charge on any atom is -0.480 e. The van der Waals surface area contributed by atoms with Crippen molar-refractivity contribution in [2.45, 2.75) is 38.5 Å². The number of halogens is 1. The average molecular weight is 790 g/mol. The first-order valence-corrected chi connectivity index (χ1v) is 18.6. The molecule has 12 nitrogen and oxygen atoms in total. The number of nitrogens with one attached hydrogen (secondary N) is 2. The SMILES string of the molecule is CCOCC(=O)CCCNC(=O)OCC1c2ccccc2-c2ccccc21.CCOCC(=O)O.Cl.NCCNC(=O)OCC1c2ccccc2-c2ccccc21. The van der Waals surface area contributed by atoms with Gasteiger partial charge in [0.15, 0.2) is 5.78 Å². The molecule has 0 atom stereocenters. The summed E-state index contributed by atoms with van der Waals surface area (Å²) in [5, 5.41) is 13.2. The van der Waals surface area contributed by atoms with Gasteiger partial charge in [0.05, 0.1) is 0 Å². The van der Waals surface area contributed by atoms with E-state index in [2.05, 4.69) is 63.9 Å². The maximum atomic E-state index is 12.0. The number of fused-ring (bicyclic) bond motifs is 6. The topological polar surface area (TPSA) is 176 Å². The minimum absolute atomic E-state index is 0. The molecule has 2 aliphatic rings. The number of carboxylic acid groups (broad SMARTS) is 1. The van der Waals surface area contributed by atoms with E-state index >= 15 is 0 Å². The van der Waals surface area contributed by atoms with Crippen LogP contribution in [0.4, 0.5) is 9.59 Å². The van der Waals surface area contributed by atoms with Crippen molar-refractivity contribution < 1.29 is 43.2 Å². The van der Waals surface area contributed by atoms with Gasteiger partial charge < -0.3 is 40.4 Å². The predicted octanol–water partition coefficient (Wildman–Crippen LogP) is 6.92. The fraction of sp³-hybridized carbons (Fsp3) is 0.349. The van der Waals surface area contributed by atoms with Crippen molar-refractivity contribution in [2.24, 2.45) is 5.73 Å². The van der Waals surface area contributed by atoms with Gasteiger partial charge in [-0.05, 0) is 64.8 Å². The largest absolute Gasteiger partial charge is 0.480 e.